The summed E-state index contributed by atoms with van der Waals surface area (Å²) in [5, 5.41) is 5.80. The topological polar surface area (TPSA) is 40.5 Å². The number of aliphatic imine (C=N–C) groups is 1. The lowest BCUT2D eigenvalue weighted by Crippen LogP contribution is -2.38. The maximum absolute atomic E-state index is 4.53. The van der Waals surface area contributed by atoms with Crippen LogP contribution in [-0.4, -0.2) is 29.9 Å². The van der Waals surface area contributed by atoms with Gasteiger partial charge in [0.05, 0.1) is 12.2 Å². The van der Waals surface area contributed by atoms with E-state index in [0.717, 1.165) is 18.2 Å². The highest BCUT2D eigenvalue weighted by atomic mass is 127. The Bertz CT molecular complexity index is 869. The molecule has 0 unspecified atom stereocenters. The summed E-state index contributed by atoms with van der Waals surface area (Å²) in [5.74, 6) is 0.857. The summed E-state index contributed by atoms with van der Waals surface area (Å²) in [5.41, 5.74) is 3.57. The van der Waals surface area contributed by atoms with Crippen LogP contribution in [0.2, 0.25) is 0 Å². The van der Waals surface area contributed by atoms with Gasteiger partial charge in [-0.05, 0) is 23.9 Å². The van der Waals surface area contributed by atoms with Crippen molar-refractivity contribution in [2.45, 2.75) is 20.0 Å². The van der Waals surface area contributed by atoms with Crippen LogP contribution in [0.1, 0.15) is 16.8 Å². The summed E-state index contributed by atoms with van der Waals surface area (Å²) in [6.45, 7) is 3.56. The fourth-order valence-corrected chi connectivity index (χ4v) is 2.91. The van der Waals surface area contributed by atoms with Crippen LogP contribution in [0.5, 0.6) is 0 Å². The van der Waals surface area contributed by atoms with Crippen LogP contribution in [0.4, 0.5) is 0 Å². The number of rotatable bonds is 4. The molecule has 136 valence electrons. The summed E-state index contributed by atoms with van der Waals surface area (Å²) < 4.78 is 0. The summed E-state index contributed by atoms with van der Waals surface area (Å²) in [6.07, 6.45) is 1.86. The first-order chi connectivity index (χ1) is 12.2. The quantitative estimate of drug-likeness (QED) is 0.357. The van der Waals surface area contributed by atoms with Gasteiger partial charge in [-0.25, -0.2) is 0 Å². The van der Waals surface area contributed by atoms with Crippen LogP contribution in [0.15, 0.2) is 65.8 Å². The highest BCUT2D eigenvalue weighted by molar-refractivity contribution is 14.0. The molecular formula is C21H25IN4. The third-order valence-corrected chi connectivity index (χ3v) is 4.28. The van der Waals surface area contributed by atoms with E-state index in [9.17, 15) is 0 Å². The predicted molar refractivity (Wildman–Crippen MR) is 120 cm³/mol. The summed E-state index contributed by atoms with van der Waals surface area (Å²) in [4.78, 5) is 11.1. The zero-order chi connectivity index (χ0) is 17.6. The minimum Gasteiger partial charge on any atom is -0.351 e. The van der Waals surface area contributed by atoms with Crippen molar-refractivity contribution in [3.8, 4) is 0 Å². The van der Waals surface area contributed by atoms with Crippen molar-refractivity contribution in [2.75, 3.05) is 14.1 Å². The summed E-state index contributed by atoms with van der Waals surface area (Å²) in [6, 6.07) is 18.9. The molecule has 0 aliphatic rings. The highest BCUT2D eigenvalue weighted by Crippen LogP contribution is 2.16. The molecule has 0 bridgehead atoms. The van der Waals surface area contributed by atoms with E-state index in [4.69, 9.17) is 0 Å². The highest BCUT2D eigenvalue weighted by Gasteiger charge is 2.08. The van der Waals surface area contributed by atoms with E-state index in [1.165, 1.54) is 21.9 Å². The molecule has 0 aliphatic heterocycles. The number of guanidine groups is 1. The van der Waals surface area contributed by atoms with Crippen molar-refractivity contribution < 1.29 is 0 Å². The number of aryl methyl sites for hydroxylation is 1. The molecule has 26 heavy (non-hydrogen) atoms. The second-order valence-corrected chi connectivity index (χ2v) is 6.22. The van der Waals surface area contributed by atoms with Crippen LogP contribution >= 0.6 is 24.0 Å². The van der Waals surface area contributed by atoms with E-state index in [1.54, 1.807) is 0 Å². The molecule has 0 saturated carbocycles. The van der Waals surface area contributed by atoms with Crippen LogP contribution < -0.4 is 5.32 Å². The maximum Gasteiger partial charge on any atom is 0.194 e. The van der Waals surface area contributed by atoms with Crippen molar-refractivity contribution in [3.63, 3.8) is 0 Å². The molecule has 0 saturated heterocycles. The number of aromatic nitrogens is 1. The van der Waals surface area contributed by atoms with Crippen molar-refractivity contribution in [1.29, 1.82) is 0 Å². The van der Waals surface area contributed by atoms with Crippen LogP contribution in [0.3, 0.4) is 0 Å². The molecule has 0 radical (unpaired) electrons. The Morgan fingerprint density at radius 2 is 1.81 bits per heavy atom. The van der Waals surface area contributed by atoms with Crippen molar-refractivity contribution in [1.82, 2.24) is 15.2 Å². The Kier molecular flexibility index (Phi) is 7.38. The number of hydrogen-bond donors (Lipinski definition) is 1. The minimum atomic E-state index is 0. The van der Waals surface area contributed by atoms with E-state index in [0.29, 0.717) is 6.54 Å². The summed E-state index contributed by atoms with van der Waals surface area (Å²) >= 11 is 0. The molecule has 5 heteroatoms. The molecule has 4 nitrogen and oxygen atoms in total. The zero-order valence-corrected chi connectivity index (χ0v) is 17.8. The summed E-state index contributed by atoms with van der Waals surface area (Å²) in [7, 11) is 3.86. The van der Waals surface area contributed by atoms with Crippen LogP contribution in [0.25, 0.3) is 10.8 Å². The van der Waals surface area contributed by atoms with Gasteiger partial charge >= 0.3 is 0 Å². The maximum atomic E-state index is 4.53. The largest absolute Gasteiger partial charge is 0.351 e. The van der Waals surface area contributed by atoms with Crippen LogP contribution in [0, 0.1) is 6.92 Å². The fourth-order valence-electron chi connectivity index (χ4n) is 2.91. The number of pyridine rings is 1. The molecule has 0 fully saturated rings. The lowest BCUT2D eigenvalue weighted by molar-refractivity contribution is 0.476. The van der Waals surface area contributed by atoms with Gasteiger partial charge in [0.2, 0.25) is 0 Å². The number of nitrogens with zero attached hydrogens (tertiary/aromatic N) is 3. The first-order valence-electron chi connectivity index (χ1n) is 8.47. The first-order valence-corrected chi connectivity index (χ1v) is 8.47. The van der Waals surface area contributed by atoms with Gasteiger partial charge in [-0.3, -0.25) is 9.98 Å². The molecule has 3 rings (SSSR count). The Balaban J connectivity index is 0.00000243. The van der Waals surface area contributed by atoms with Crippen molar-refractivity contribution >= 4 is 40.7 Å². The lowest BCUT2D eigenvalue weighted by Gasteiger charge is -2.22. The van der Waals surface area contributed by atoms with E-state index in [-0.39, 0.29) is 24.0 Å². The monoisotopic (exact) mass is 460 g/mol. The standard InChI is InChI=1S/C21H24N4.HI/c1-16-8-10-17(11-9-16)15-25(3)21(22-2)24-14-20-19-7-5-4-6-18(19)12-13-23-20;/h4-13H,14-15H2,1-3H3,(H,22,24);1H. The minimum absolute atomic E-state index is 0. The van der Waals surface area contributed by atoms with E-state index >= 15 is 0 Å². The molecule has 2 aromatic carbocycles. The molecule has 0 spiro atoms. The molecular weight excluding hydrogens is 435 g/mol. The second kappa shape index (κ2) is 9.52. The van der Waals surface area contributed by atoms with Gasteiger partial charge in [-0.1, -0.05) is 54.1 Å². The fraction of sp³-hybridized carbons (Fsp3) is 0.238. The predicted octanol–water partition coefficient (Wildman–Crippen LogP) is 4.37. The van der Waals surface area contributed by atoms with Gasteiger partial charge in [0.15, 0.2) is 5.96 Å². The third kappa shape index (κ3) is 4.94. The SMILES string of the molecule is CN=C(NCc1nccc2ccccc12)N(C)Cc1ccc(C)cc1.I. The average Bonchev–Trinajstić information content (AvgIpc) is 2.64. The number of halogens is 1. The lowest BCUT2D eigenvalue weighted by atomic mass is 10.1. The molecule has 0 atom stereocenters. The first kappa shape index (κ1) is 20.2. The van der Waals surface area contributed by atoms with Crippen LogP contribution in [-0.2, 0) is 13.1 Å². The smallest absolute Gasteiger partial charge is 0.194 e. The number of hydrogen-bond acceptors (Lipinski definition) is 2. The number of nitrogens with one attached hydrogen (secondary N) is 1. The Hall–Kier alpha value is -2.15. The van der Waals surface area contributed by atoms with E-state index in [1.807, 2.05) is 38.5 Å². The Labute approximate surface area is 172 Å². The molecule has 1 heterocycles. The van der Waals surface area contributed by atoms with Crippen molar-refractivity contribution in [2.24, 2.45) is 4.99 Å². The number of fused-ring (bicyclic) bond motifs is 1. The molecule has 1 N–H and O–H groups in total. The molecule has 0 aliphatic carbocycles. The van der Waals surface area contributed by atoms with Gasteiger partial charge in [-0.15, -0.1) is 24.0 Å². The normalized spacial score (nSPS) is 11.1. The zero-order valence-electron chi connectivity index (χ0n) is 15.4. The molecule has 0 amide bonds. The van der Waals surface area contributed by atoms with Gasteiger partial charge in [0, 0.05) is 32.2 Å². The van der Waals surface area contributed by atoms with Gasteiger partial charge in [0.1, 0.15) is 0 Å². The Morgan fingerprint density at radius 1 is 1.08 bits per heavy atom. The third-order valence-electron chi connectivity index (χ3n) is 4.28. The van der Waals surface area contributed by atoms with E-state index in [2.05, 4.69) is 63.5 Å². The van der Waals surface area contributed by atoms with Gasteiger partial charge in [-0.2, -0.15) is 0 Å². The average molecular weight is 460 g/mol. The molecule has 3 aromatic rings. The van der Waals surface area contributed by atoms with Gasteiger partial charge in [0.25, 0.3) is 0 Å². The van der Waals surface area contributed by atoms with Crippen molar-refractivity contribution in [3.05, 3.63) is 77.6 Å². The number of benzene rings is 2. The molecule has 1 aromatic heterocycles. The van der Waals surface area contributed by atoms with E-state index < -0.39 is 0 Å². The van der Waals surface area contributed by atoms with Gasteiger partial charge < -0.3 is 10.2 Å². The Morgan fingerprint density at radius 3 is 2.54 bits per heavy atom. The second-order valence-electron chi connectivity index (χ2n) is 6.22.